The summed E-state index contributed by atoms with van der Waals surface area (Å²) in [4.78, 5) is 51.8. The first-order valence-electron chi connectivity index (χ1n) is 13.9. The van der Waals surface area contributed by atoms with E-state index < -0.39 is 6.04 Å². The van der Waals surface area contributed by atoms with Crippen molar-refractivity contribution in [2.75, 3.05) is 82.8 Å². The number of likely N-dealkylation sites (tertiary alicyclic amines) is 1. The molecule has 212 valence electrons. The maximum absolute atomic E-state index is 13.6. The summed E-state index contributed by atoms with van der Waals surface area (Å²) in [5.74, 6) is 0.751. The minimum absolute atomic E-state index is 0.0435. The number of aromatic nitrogens is 4. The zero-order valence-corrected chi connectivity index (χ0v) is 22.4. The molecule has 0 saturated carbocycles. The summed E-state index contributed by atoms with van der Waals surface area (Å²) in [5.41, 5.74) is 7.81. The molecule has 3 aliphatic rings. The number of imidazole rings is 1. The smallest absolute Gasteiger partial charge is 0.247 e. The van der Waals surface area contributed by atoms with Crippen molar-refractivity contribution in [3.8, 4) is 11.4 Å². The predicted octanol–water partition coefficient (Wildman–Crippen LogP) is 0.756. The van der Waals surface area contributed by atoms with Crippen molar-refractivity contribution < 1.29 is 18.7 Å². The van der Waals surface area contributed by atoms with Crippen LogP contribution in [0.15, 0.2) is 24.3 Å². The normalized spacial score (nSPS) is 19.8. The van der Waals surface area contributed by atoms with Crippen molar-refractivity contribution in [1.82, 2.24) is 34.6 Å². The summed E-state index contributed by atoms with van der Waals surface area (Å²) >= 11 is 0. The van der Waals surface area contributed by atoms with E-state index in [-0.39, 0.29) is 23.5 Å². The zero-order chi connectivity index (χ0) is 27.6. The Kier molecular flexibility index (Phi) is 7.59. The van der Waals surface area contributed by atoms with Gasteiger partial charge in [0.25, 0.3) is 0 Å². The van der Waals surface area contributed by atoms with Crippen LogP contribution in [0.25, 0.3) is 22.6 Å². The van der Waals surface area contributed by atoms with Crippen LogP contribution in [0.5, 0.6) is 0 Å². The summed E-state index contributed by atoms with van der Waals surface area (Å²) in [7, 11) is 0. The van der Waals surface area contributed by atoms with Gasteiger partial charge in [0.05, 0.1) is 19.8 Å². The molecule has 12 nitrogen and oxygen atoms in total. The molecule has 3 aromatic rings. The van der Waals surface area contributed by atoms with Crippen molar-refractivity contribution >= 4 is 34.6 Å². The largest absolute Gasteiger partial charge is 0.378 e. The number of Topliss-reactive ketones (excluding diaryl/α,β-unsaturated/α-hetero) is 1. The number of hydrogen-bond acceptors (Lipinski definition) is 10. The number of halogens is 1. The van der Waals surface area contributed by atoms with E-state index in [1.54, 1.807) is 17.0 Å². The third kappa shape index (κ3) is 5.49. The van der Waals surface area contributed by atoms with E-state index in [9.17, 15) is 14.0 Å². The number of nitrogens with two attached hydrogens (primary N) is 1. The lowest BCUT2D eigenvalue weighted by Gasteiger charge is -2.40. The summed E-state index contributed by atoms with van der Waals surface area (Å²) in [6, 6.07) is 5.23. The molecule has 1 aromatic carbocycles. The first kappa shape index (κ1) is 26.5. The van der Waals surface area contributed by atoms with Crippen LogP contribution in [0, 0.1) is 5.82 Å². The maximum atomic E-state index is 13.6. The van der Waals surface area contributed by atoms with Crippen molar-refractivity contribution in [1.29, 1.82) is 0 Å². The minimum Gasteiger partial charge on any atom is -0.378 e. The Balaban J connectivity index is 1.21. The number of carbonyl (C=O) groups excluding carboxylic acids is 2. The number of nitrogens with one attached hydrogen (secondary N) is 1. The fraction of sp³-hybridized carbons (Fsp3) is 0.519. The molecule has 0 radical (unpaired) electrons. The summed E-state index contributed by atoms with van der Waals surface area (Å²) in [6.45, 7) is 6.17. The van der Waals surface area contributed by atoms with Crippen LogP contribution in [0.1, 0.15) is 12.8 Å². The molecule has 0 aliphatic carbocycles. The number of nitrogen functional groups attached to an aromatic ring is 1. The molecular weight excluding hydrogens is 517 g/mol. The molecule has 0 bridgehead atoms. The van der Waals surface area contributed by atoms with Gasteiger partial charge in [-0.05, 0) is 50.2 Å². The standard InChI is InChI=1S/C27H34FN9O3/c28-19-5-3-18(4-6-19)23-30-21-24(31-23)32-27(29)33-25(21)36-11-9-35(10-12-36)22(20(38)17-34-7-1-2-8-34)26(39)37-13-15-40-16-14-37/h3-6,22H,1-2,7-17H2,(H3,29,30,31,32,33). The van der Waals surface area contributed by atoms with Gasteiger partial charge in [0, 0.05) is 44.8 Å². The molecule has 0 spiro atoms. The SMILES string of the molecule is Nc1nc(N2CCN(C(C(=O)CN3CCCC3)C(=O)N3CCOCC3)CC2)c2[nH]c(-c3ccc(F)cc3)nc2n1. The lowest BCUT2D eigenvalue weighted by atomic mass is 10.1. The Morgan fingerprint density at radius 3 is 2.35 bits per heavy atom. The third-order valence-corrected chi connectivity index (χ3v) is 7.89. The lowest BCUT2D eigenvalue weighted by Crippen LogP contribution is -2.61. The van der Waals surface area contributed by atoms with E-state index >= 15 is 0 Å². The van der Waals surface area contributed by atoms with Crippen molar-refractivity contribution in [2.24, 2.45) is 0 Å². The molecule has 40 heavy (non-hydrogen) atoms. The number of fused-ring (bicyclic) bond motifs is 1. The maximum Gasteiger partial charge on any atom is 0.247 e. The molecule has 3 aliphatic heterocycles. The van der Waals surface area contributed by atoms with Gasteiger partial charge >= 0.3 is 0 Å². The number of ether oxygens (including phenoxy) is 1. The highest BCUT2D eigenvalue weighted by molar-refractivity contribution is 6.06. The fourth-order valence-electron chi connectivity index (χ4n) is 5.77. The Morgan fingerprint density at radius 1 is 0.950 bits per heavy atom. The van der Waals surface area contributed by atoms with Crippen molar-refractivity contribution in [3.63, 3.8) is 0 Å². The zero-order valence-electron chi connectivity index (χ0n) is 22.4. The van der Waals surface area contributed by atoms with Crippen LogP contribution < -0.4 is 10.6 Å². The quantitative estimate of drug-likeness (QED) is 0.405. The van der Waals surface area contributed by atoms with E-state index in [4.69, 9.17) is 10.5 Å². The van der Waals surface area contributed by atoms with E-state index in [2.05, 4.69) is 29.7 Å². The first-order chi connectivity index (χ1) is 19.5. The number of H-pyrrole nitrogens is 1. The average Bonchev–Trinajstić information content (AvgIpc) is 3.64. The van der Waals surface area contributed by atoms with Crippen LogP contribution in [-0.2, 0) is 14.3 Å². The molecule has 3 N–H and O–H groups in total. The highest BCUT2D eigenvalue weighted by atomic mass is 19.1. The molecule has 13 heteroatoms. The van der Waals surface area contributed by atoms with Gasteiger partial charge in [-0.3, -0.25) is 19.4 Å². The fourth-order valence-corrected chi connectivity index (χ4v) is 5.77. The van der Waals surface area contributed by atoms with Crippen molar-refractivity contribution in [2.45, 2.75) is 18.9 Å². The summed E-state index contributed by atoms with van der Waals surface area (Å²) in [6.07, 6.45) is 2.17. The lowest BCUT2D eigenvalue weighted by molar-refractivity contribution is -0.147. The van der Waals surface area contributed by atoms with E-state index in [0.29, 0.717) is 81.8 Å². The number of hydrogen-bond donors (Lipinski definition) is 2. The molecule has 6 rings (SSSR count). The number of amides is 1. The van der Waals surface area contributed by atoms with Gasteiger partial charge in [-0.2, -0.15) is 9.97 Å². The average molecular weight is 552 g/mol. The summed E-state index contributed by atoms with van der Waals surface area (Å²) in [5, 5.41) is 0. The number of carbonyl (C=O) groups is 2. The van der Waals surface area contributed by atoms with Gasteiger partial charge in [0.15, 0.2) is 23.3 Å². The van der Waals surface area contributed by atoms with Crippen LogP contribution in [-0.4, -0.2) is 124 Å². The molecule has 3 saturated heterocycles. The van der Waals surface area contributed by atoms with Gasteiger partial charge in [0.1, 0.15) is 17.2 Å². The monoisotopic (exact) mass is 551 g/mol. The Bertz CT molecular complexity index is 1360. The molecule has 2 aromatic heterocycles. The Hall–Kier alpha value is -3.68. The highest BCUT2D eigenvalue weighted by Crippen LogP contribution is 2.28. The number of ketones is 1. The summed E-state index contributed by atoms with van der Waals surface area (Å²) < 4.78 is 18.9. The first-order valence-corrected chi connectivity index (χ1v) is 13.9. The van der Waals surface area contributed by atoms with Gasteiger partial charge < -0.3 is 25.3 Å². The van der Waals surface area contributed by atoms with Gasteiger partial charge in [-0.1, -0.05) is 0 Å². The molecule has 1 amide bonds. The highest BCUT2D eigenvalue weighted by Gasteiger charge is 2.39. The number of anilines is 2. The van der Waals surface area contributed by atoms with E-state index in [1.807, 2.05) is 4.90 Å². The second kappa shape index (κ2) is 11.4. The number of aromatic amines is 1. The van der Waals surface area contributed by atoms with Crippen LogP contribution in [0.3, 0.4) is 0 Å². The van der Waals surface area contributed by atoms with Crippen LogP contribution in [0.2, 0.25) is 0 Å². The van der Waals surface area contributed by atoms with Gasteiger partial charge in [0.2, 0.25) is 11.9 Å². The minimum atomic E-state index is -0.812. The third-order valence-electron chi connectivity index (χ3n) is 7.89. The van der Waals surface area contributed by atoms with Crippen LogP contribution >= 0.6 is 0 Å². The number of piperazine rings is 1. The predicted molar refractivity (Wildman–Crippen MR) is 147 cm³/mol. The van der Waals surface area contributed by atoms with E-state index in [0.717, 1.165) is 31.5 Å². The molecule has 1 unspecified atom stereocenters. The second-order valence-electron chi connectivity index (χ2n) is 10.5. The molecule has 5 heterocycles. The Morgan fingerprint density at radius 2 is 1.65 bits per heavy atom. The number of rotatable bonds is 7. The molecule has 1 atom stereocenters. The topological polar surface area (TPSA) is 137 Å². The second-order valence-corrected chi connectivity index (χ2v) is 10.5. The number of benzene rings is 1. The van der Waals surface area contributed by atoms with E-state index in [1.165, 1.54) is 12.1 Å². The number of nitrogens with zero attached hydrogens (tertiary/aromatic N) is 7. The molecular formula is C27H34FN9O3. The Labute approximate surface area is 231 Å². The van der Waals surface area contributed by atoms with Crippen LogP contribution in [0.4, 0.5) is 16.2 Å². The van der Waals surface area contributed by atoms with Gasteiger partial charge in [-0.25, -0.2) is 9.37 Å². The molecule has 3 fully saturated rings. The van der Waals surface area contributed by atoms with Crippen molar-refractivity contribution in [3.05, 3.63) is 30.1 Å². The van der Waals surface area contributed by atoms with Gasteiger partial charge in [-0.15, -0.1) is 0 Å². The number of morpholine rings is 1.